The first-order chi connectivity index (χ1) is 10.2. The molecule has 0 aliphatic carbocycles. The van der Waals surface area contributed by atoms with Crippen LogP contribution < -0.4 is 5.32 Å². The van der Waals surface area contributed by atoms with E-state index in [0.29, 0.717) is 6.42 Å². The van der Waals surface area contributed by atoms with Gasteiger partial charge < -0.3 is 5.32 Å². The van der Waals surface area contributed by atoms with Crippen LogP contribution in [0.3, 0.4) is 0 Å². The molecule has 1 atom stereocenters. The minimum absolute atomic E-state index is 0.138. The summed E-state index contributed by atoms with van der Waals surface area (Å²) in [7, 11) is 0. The molecule has 0 heterocycles. The molecule has 0 spiro atoms. The second-order valence-electron chi connectivity index (χ2n) is 5.28. The van der Waals surface area contributed by atoms with E-state index in [9.17, 15) is 4.39 Å². The lowest BCUT2D eigenvalue weighted by Crippen LogP contribution is -2.34. The summed E-state index contributed by atoms with van der Waals surface area (Å²) in [5.41, 5.74) is 2.05. The number of hydrogen-bond donors (Lipinski definition) is 1. The topological polar surface area (TPSA) is 12.0 Å². The van der Waals surface area contributed by atoms with Crippen LogP contribution in [0.4, 0.5) is 4.39 Å². The molecule has 1 unspecified atom stereocenters. The number of benzene rings is 2. The maximum atomic E-state index is 14.0. The van der Waals surface area contributed by atoms with Crippen molar-refractivity contribution in [3.8, 4) is 0 Å². The molecule has 0 aliphatic rings. The monoisotopic (exact) mass is 349 g/mol. The lowest BCUT2D eigenvalue weighted by atomic mass is 9.98. The maximum Gasteiger partial charge on any atom is 0.127 e. The SMILES string of the molecule is CCCNC(Cc1ccccc1)Cc1ccc(Br)cc1F. The Balaban J connectivity index is 2.08. The first-order valence-corrected chi connectivity index (χ1v) is 8.19. The van der Waals surface area contributed by atoms with Crippen LogP contribution >= 0.6 is 15.9 Å². The van der Waals surface area contributed by atoms with Gasteiger partial charge in [-0.1, -0.05) is 59.3 Å². The number of halogens is 2. The highest BCUT2D eigenvalue weighted by molar-refractivity contribution is 9.10. The van der Waals surface area contributed by atoms with E-state index in [4.69, 9.17) is 0 Å². The Kier molecular flexibility index (Phi) is 6.40. The Bertz CT molecular complexity index is 556. The Labute approximate surface area is 134 Å². The predicted molar refractivity (Wildman–Crippen MR) is 90.0 cm³/mol. The molecule has 1 N–H and O–H groups in total. The first kappa shape index (κ1) is 16.2. The van der Waals surface area contributed by atoms with Gasteiger partial charge in [0.15, 0.2) is 0 Å². The van der Waals surface area contributed by atoms with Crippen LogP contribution in [-0.2, 0) is 12.8 Å². The second kappa shape index (κ2) is 8.30. The van der Waals surface area contributed by atoms with E-state index in [2.05, 4.69) is 40.3 Å². The quantitative estimate of drug-likeness (QED) is 0.760. The highest BCUT2D eigenvalue weighted by Crippen LogP contribution is 2.18. The molecule has 0 amide bonds. The molecule has 2 aromatic rings. The number of hydrogen-bond acceptors (Lipinski definition) is 1. The van der Waals surface area contributed by atoms with Crippen LogP contribution in [0, 0.1) is 5.82 Å². The Morgan fingerprint density at radius 3 is 2.52 bits per heavy atom. The van der Waals surface area contributed by atoms with E-state index in [1.165, 1.54) is 11.6 Å². The summed E-state index contributed by atoms with van der Waals surface area (Å²) >= 11 is 3.30. The van der Waals surface area contributed by atoms with Crippen molar-refractivity contribution in [2.24, 2.45) is 0 Å². The highest BCUT2D eigenvalue weighted by Gasteiger charge is 2.13. The van der Waals surface area contributed by atoms with Gasteiger partial charge >= 0.3 is 0 Å². The van der Waals surface area contributed by atoms with Gasteiger partial charge in [-0.3, -0.25) is 0 Å². The van der Waals surface area contributed by atoms with Gasteiger partial charge in [-0.15, -0.1) is 0 Å². The zero-order chi connectivity index (χ0) is 15.1. The fraction of sp³-hybridized carbons (Fsp3) is 0.333. The van der Waals surface area contributed by atoms with E-state index in [1.54, 1.807) is 0 Å². The fourth-order valence-corrected chi connectivity index (χ4v) is 2.75. The molecule has 2 rings (SSSR count). The number of rotatable bonds is 7. The molecule has 112 valence electrons. The van der Waals surface area contributed by atoms with Crippen molar-refractivity contribution in [2.45, 2.75) is 32.2 Å². The molecule has 0 saturated carbocycles. The molecule has 0 fully saturated rings. The van der Waals surface area contributed by atoms with Crippen molar-refractivity contribution < 1.29 is 4.39 Å². The molecule has 3 heteroatoms. The molecular formula is C18H21BrFN. The van der Waals surface area contributed by atoms with Crippen molar-refractivity contribution in [3.05, 3.63) is 69.9 Å². The Morgan fingerprint density at radius 2 is 1.86 bits per heavy atom. The third kappa shape index (κ3) is 5.25. The van der Waals surface area contributed by atoms with Crippen LogP contribution in [0.15, 0.2) is 53.0 Å². The normalized spacial score (nSPS) is 12.3. The minimum atomic E-state index is -0.138. The summed E-state index contributed by atoms with van der Waals surface area (Å²) in [6, 6.07) is 15.9. The van der Waals surface area contributed by atoms with Crippen LogP contribution in [-0.4, -0.2) is 12.6 Å². The van der Waals surface area contributed by atoms with E-state index in [0.717, 1.165) is 29.4 Å². The summed E-state index contributed by atoms with van der Waals surface area (Å²) in [5, 5.41) is 3.53. The van der Waals surface area contributed by atoms with Crippen LogP contribution in [0.5, 0.6) is 0 Å². The molecule has 0 bridgehead atoms. The summed E-state index contributed by atoms with van der Waals surface area (Å²) < 4.78 is 14.8. The van der Waals surface area contributed by atoms with Crippen molar-refractivity contribution >= 4 is 15.9 Å². The zero-order valence-corrected chi connectivity index (χ0v) is 13.9. The average molecular weight is 350 g/mol. The van der Waals surface area contributed by atoms with Crippen molar-refractivity contribution in [1.29, 1.82) is 0 Å². The van der Waals surface area contributed by atoms with Gasteiger partial charge in [0.2, 0.25) is 0 Å². The first-order valence-electron chi connectivity index (χ1n) is 7.40. The minimum Gasteiger partial charge on any atom is -0.313 e. The Morgan fingerprint density at radius 1 is 1.10 bits per heavy atom. The van der Waals surface area contributed by atoms with E-state index < -0.39 is 0 Å². The van der Waals surface area contributed by atoms with E-state index >= 15 is 0 Å². The van der Waals surface area contributed by atoms with Gasteiger partial charge in [-0.25, -0.2) is 4.39 Å². The molecule has 0 aromatic heterocycles. The maximum absolute atomic E-state index is 14.0. The van der Waals surface area contributed by atoms with Crippen molar-refractivity contribution in [1.82, 2.24) is 5.32 Å². The molecule has 0 saturated heterocycles. The number of nitrogens with one attached hydrogen (secondary N) is 1. The van der Waals surface area contributed by atoms with Crippen LogP contribution in [0.25, 0.3) is 0 Å². The van der Waals surface area contributed by atoms with Gasteiger partial charge in [-0.05, 0) is 49.1 Å². The predicted octanol–water partition coefficient (Wildman–Crippen LogP) is 4.74. The van der Waals surface area contributed by atoms with Gasteiger partial charge in [-0.2, -0.15) is 0 Å². The smallest absolute Gasteiger partial charge is 0.127 e. The van der Waals surface area contributed by atoms with Gasteiger partial charge in [0.05, 0.1) is 0 Å². The molecule has 0 aliphatic heterocycles. The largest absolute Gasteiger partial charge is 0.313 e. The third-order valence-corrected chi connectivity index (χ3v) is 3.98. The van der Waals surface area contributed by atoms with Crippen LogP contribution in [0.1, 0.15) is 24.5 Å². The summed E-state index contributed by atoms with van der Waals surface area (Å²) in [5.74, 6) is -0.138. The lowest BCUT2D eigenvalue weighted by Gasteiger charge is -2.19. The fourth-order valence-electron chi connectivity index (χ4n) is 2.42. The van der Waals surface area contributed by atoms with Crippen LogP contribution in [0.2, 0.25) is 0 Å². The molecule has 0 radical (unpaired) electrons. The van der Waals surface area contributed by atoms with Gasteiger partial charge in [0.25, 0.3) is 0 Å². The lowest BCUT2D eigenvalue weighted by molar-refractivity contribution is 0.492. The molecule has 1 nitrogen and oxygen atoms in total. The van der Waals surface area contributed by atoms with Crippen molar-refractivity contribution in [3.63, 3.8) is 0 Å². The zero-order valence-electron chi connectivity index (χ0n) is 12.3. The molecule has 21 heavy (non-hydrogen) atoms. The average Bonchev–Trinajstić information content (AvgIpc) is 2.48. The van der Waals surface area contributed by atoms with E-state index in [1.807, 2.05) is 30.3 Å². The highest BCUT2D eigenvalue weighted by atomic mass is 79.9. The van der Waals surface area contributed by atoms with Gasteiger partial charge in [0, 0.05) is 10.5 Å². The second-order valence-corrected chi connectivity index (χ2v) is 6.20. The summed E-state index contributed by atoms with van der Waals surface area (Å²) in [4.78, 5) is 0. The molecular weight excluding hydrogens is 329 g/mol. The third-order valence-electron chi connectivity index (χ3n) is 3.49. The molecule has 2 aromatic carbocycles. The summed E-state index contributed by atoms with van der Waals surface area (Å²) in [6.07, 6.45) is 2.69. The van der Waals surface area contributed by atoms with Crippen molar-refractivity contribution in [2.75, 3.05) is 6.54 Å². The van der Waals surface area contributed by atoms with Gasteiger partial charge in [0.1, 0.15) is 5.82 Å². The Hall–Kier alpha value is -1.19. The summed E-state index contributed by atoms with van der Waals surface area (Å²) in [6.45, 7) is 3.10. The van der Waals surface area contributed by atoms with E-state index in [-0.39, 0.29) is 11.9 Å². The standard InChI is InChI=1S/C18H21BrFN/c1-2-10-21-17(11-14-6-4-3-5-7-14)12-15-8-9-16(19)13-18(15)20/h3-9,13,17,21H,2,10-12H2,1H3.